The zero-order valence-electron chi connectivity index (χ0n) is 17.5. The number of guanidine groups is 1. The van der Waals surface area contributed by atoms with Gasteiger partial charge in [-0.2, -0.15) is 0 Å². The van der Waals surface area contributed by atoms with Gasteiger partial charge in [-0.1, -0.05) is 60.2 Å². The van der Waals surface area contributed by atoms with Gasteiger partial charge in [0.2, 0.25) is 0 Å². The zero-order chi connectivity index (χ0) is 20.3. The third-order valence-corrected chi connectivity index (χ3v) is 5.05. The summed E-state index contributed by atoms with van der Waals surface area (Å²) in [6, 6.07) is 19.8. The molecule has 2 aromatic carbocycles. The predicted molar refractivity (Wildman–Crippen MR) is 135 cm³/mol. The van der Waals surface area contributed by atoms with Gasteiger partial charge in [0.25, 0.3) is 5.91 Å². The molecule has 30 heavy (non-hydrogen) atoms. The van der Waals surface area contributed by atoms with Crippen LogP contribution in [-0.4, -0.2) is 50.0 Å². The molecule has 1 saturated heterocycles. The lowest BCUT2D eigenvalue weighted by atomic mass is 10.0. The van der Waals surface area contributed by atoms with Crippen molar-refractivity contribution in [1.82, 2.24) is 15.5 Å². The third kappa shape index (κ3) is 7.48. The Labute approximate surface area is 196 Å². The van der Waals surface area contributed by atoms with E-state index in [2.05, 4.69) is 50.9 Å². The predicted octanol–water partition coefficient (Wildman–Crippen LogP) is 4.18. The molecule has 160 valence electrons. The van der Waals surface area contributed by atoms with Crippen molar-refractivity contribution >= 4 is 41.9 Å². The Bertz CT molecular complexity index is 827. The van der Waals surface area contributed by atoms with E-state index in [1.165, 1.54) is 11.1 Å². The molecule has 1 aliphatic rings. The highest BCUT2D eigenvalue weighted by molar-refractivity contribution is 14.0. The van der Waals surface area contributed by atoms with Gasteiger partial charge in [-0.05, 0) is 37.0 Å². The van der Waals surface area contributed by atoms with Gasteiger partial charge in [-0.15, -0.1) is 24.0 Å². The van der Waals surface area contributed by atoms with Gasteiger partial charge in [0.1, 0.15) is 0 Å². The molecule has 1 heterocycles. The van der Waals surface area contributed by atoms with Crippen LogP contribution in [-0.2, 0) is 0 Å². The van der Waals surface area contributed by atoms with Gasteiger partial charge in [0.05, 0.1) is 0 Å². The summed E-state index contributed by atoms with van der Waals surface area (Å²) in [7, 11) is 1.83. The standard InChI is InChI=1S/C24H30N4O.HI/c1-25-24(27-16-8-15-26-23(29)22-11-6-3-7-12-22)28-17-13-21(14-18-28)19-20-9-4-2-5-10-20;/h2-7,9-12,19H,8,13-18H2,1H3,(H,25,27)(H,26,29);1H. The lowest BCUT2D eigenvalue weighted by Crippen LogP contribution is -2.45. The van der Waals surface area contributed by atoms with Gasteiger partial charge in [-0.25, -0.2) is 0 Å². The first-order valence-corrected chi connectivity index (χ1v) is 10.3. The van der Waals surface area contributed by atoms with Gasteiger partial charge in [0.15, 0.2) is 5.96 Å². The average molecular weight is 518 g/mol. The van der Waals surface area contributed by atoms with Crippen LogP contribution < -0.4 is 10.6 Å². The molecule has 3 rings (SSSR count). The summed E-state index contributed by atoms with van der Waals surface area (Å²) in [6.45, 7) is 3.37. The molecule has 6 heteroatoms. The number of piperidine rings is 1. The van der Waals surface area contributed by atoms with Gasteiger partial charge in [-0.3, -0.25) is 9.79 Å². The van der Waals surface area contributed by atoms with E-state index in [0.717, 1.165) is 44.9 Å². The monoisotopic (exact) mass is 518 g/mol. The second kappa shape index (κ2) is 13.1. The fourth-order valence-electron chi connectivity index (χ4n) is 3.45. The average Bonchev–Trinajstić information content (AvgIpc) is 2.78. The van der Waals surface area contributed by atoms with Crippen LogP contribution in [0.15, 0.2) is 71.2 Å². The van der Waals surface area contributed by atoms with E-state index >= 15 is 0 Å². The number of nitrogens with zero attached hydrogens (tertiary/aromatic N) is 2. The first-order valence-electron chi connectivity index (χ1n) is 10.3. The van der Waals surface area contributed by atoms with Crippen LogP contribution in [0.1, 0.15) is 35.2 Å². The Morgan fingerprint density at radius 3 is 2.20 bits per heavy atom. The highest BCUT2D eigenvalue weighted by Crippen LogP contribution is 2.19. The Morgan fingerprint density at radius 1 is 0.967 bits per heavy atom. The van der Waals surface area contributed by atoms with E-state index in [4.69, 9.17) is 0 Å². The molecule has 0 unspecified atom stereocenters. The van der Waals surface area contributed by atoms with Crippen LogP contribution in [0, 0.1) is 0 Å². The van der Waals surface area contributed by atoms with Crippen LogP contribution in [0.25, 0.3) is 6.08 Å². The highest BCUT2D eigenvalue weighted by Gasteiger charge is 2.17. The summed E-state index contributed by atoms with van der Waals surface area (Å²) in [4.78, 5) is 18.8. The number of hydrogen-bond acceptors (Lipinski definition) is 2. The van der Waals surface area contributed by atoms with Crippen molar-refractivity contribution in [3.63, 3.8) is 0 Å². The number of carbonyl (C=O) groups is 1. The molecular formula is C24H31IN4O. The summed E-state index contributed by atoms with van der Waals surface area (Å²) in [5.41, 5.74) is 3.46. The quantitative estimate of drug-likeness (QED) is 0.261. The maximum absolute atomic E-state index is 12.0. The number of carbonyl (C=O) groups excluding carboxylic acids is 1. The van der Waals surface area contributed by atoms with Crippen molar-refractivity contribution in [1.29, 1.82) is 0 Å². The minimum atomic E-state index is -0.0243. The largest absolute Gasteiger partial charge is 0.356 e. The van der Waals surface area contributed by atoms with Crippen LogP contribution in [0.3, 0.4) is 0 Å². The Morgan fingerprint density at radius 2 is 1.57 bits per heavy atom. The van der Waals surface area contributed by atoms with Crippen molar-refractivity contribution in [3.05, 3.63) is 77.4 Å². The number of rotatable bonds is 6. The molecule has 2 aromatic rings. The Hall–Kier alpha value is -2.35. The summed E-state index contributed by atoms with van der Waals surface area (Å²) in [6.07, 6.45) is 5.28. The van der Waals surface area contributed by atoms with Gasteiger partial charge < -0.3 is 15.5 Å². The summed E-state index contributed by atoms with van der Waals surface area (Å²) in [5.74, 6) is 0.918. The molecule has 2 N–H and O–H groups in total. The van der Waals surface area contributed by atoms with Crippen molar-refractivity contribution in [2.24, 2.45) is 4.99 Å². The lowest BCUT2D eigenvalue weighted by molar-refractivity contribution is 0.0953. The van der Waals surface area contributed by atoms with Crippen molar-refractivity contribution in [2.75, 3.05) is 33.2 Å². The molecule has 0 saturated carbocycles. The van der Waals surface area contributed by atoms with Crippen LogP contribution in [0.2, 0.25) is 0 Å². The van der Waals surface area contributed by atoms with Crippen molar-refractivity contribution < 1.29 is 4.79 Å². The fourth-order valence-corrected chi connectivity index (χ4v) is 3.45. The second-order valence-corrected chi connectivity index (χ2v) is 7.15. The summed E-state index contributed by atoms with van der Waals surface area (Å²) >= 11 is 0. The molecule has 0 spiro atoms. The smallest absolute Gasteiger partial charge is 0.251 e. The van der Waals surface area contributed by atoms with Crippen molar-refractivity contribution in [3.8, 4) is 0 Å². The van der Waals surface area contributed by atoms with E-state index in [9.17, 15) is 4.79 Å². The molecule has 0 aliphatic carbocycles. The molecule has 1 fully saturated rings. The van der Waals surface area contributed by atoms with Gasteiger partial charge >= 0.3 is 0 Å². The number of amides is 1. The zero-order valence-corrected chi connectivity index (χ0v) is 19.8. The normalized spacial score (nSPS) is 14.0. The lowest BCUT2D eigenvalue weighted by Gasteiger charge is -2.31. The minimum Gasteiger partial charge on any atom is -0.356 e. The molecule has 0 radical (unpaired) electrons. The Kier molecular flexibility index (Phi) is 10.4. The number of likely N-dealkylation sites (tertiary alicyclic amines) is 1. The minimum absolute atomic E-state index is 0. The number of benzene rings is 2. The SMILES string of the molecule is CN=C(NCCCNC(=O)c1ccccc1)N1CCC(=Cc2ccccc2)CC1.I. The number of aliphatic imine (C=N–C) groups is 1. The maximum Gasteiger partial charge on any atom is 0.251 e. The molecule has 5 nitrogen and oxygen atoms in total. The number of nitrogens with one attached hydrogen (secondary N) is 2. The van der Waals surface area contributed by atoms with E-state index in [1.54, 1.807) is 0 Å². The number of halogens is 1. The summed E-state index contributed by atoms with van der Waals surface area (Å²) in [5, 5.41) is 6.38. The van der Waals surface area contributed by atoms with E-state index in [-0.39, 0.29) is 29.9 Å². The highest BCUT2D eigenvalue weighted by atomic mass is 127. The molecule has 0 bridgehead atoms. The molecule has 0 aromatic heterocycles. The van der Waals surface area contributed by atoms with E-state index in [1.807, 2.05) is 43.4 Å². The molecule has 1 aliphatic heterocycles. The topological polar surface area (TPSA) is 56.7 Å². The Balaban J connectivity index is 0.00000320. The first kappa shape index (κ1) is 23.9. The van der Waals surface area contributed by atoms with Crippen LogP contribution >= 0.6 is 24.0 Å². The fraction of sp³-hybridized carbons (Fsp3) is 0.333. The van der Waals surface area contributed by atoms with Crippen LogP contribution in [0.5, 0.6) is 0 Å². The summed E-state index contributed by atoms with van der Waals surface area (Å²) < 4.78 is 0. The number of hydrogen-bond donors (Lipinski definition) is 2. The molecular weight excluding hydrogens is 487 g/mol. The van der Waals surface area contributed by atoms with E-state index in [0.29, 0.717) is 12.1 Å². The van der Waals surface area contributed by atoms with Gasteiger partial charge in [0, 0.05) is 38.8 Å². The second-order valence-electron chi connectivity index (χ2n) is 7.15. The van der Waals surface area contributed by atoms with E-state index < -0.39 is 0 Å². The maximum atomic E-state index is 12.0. The third-order valence-electron chi connectivity index (χ3n) is 5.05. The molecule has 1 amide bonds. The van der Waals surface area contributed by atoms with Crippen molar-refractivity contribution in [2.45, 2.75) is 19.3 Å². The molecule has 0 atom stereocenters. The first-order chi connectivity index (χ1) is 14.3. The van der Waals surface area contributed by atoms with Crippen LogP contribution in [0.4, 0.5) is 0 Å².